The number of benzene rings is 1. The Kier molecular flexibility index (Phi) is 8.74. The van der Waals surface area contributed by atoms with Crippen LogP contribution in [0.1, 0.15) is 59.7 Å². The molecule has 1 aliphatic carbocycles. The van der Waals surface area contributed by atoms with Gasteiger partial charge in [-0.2, -0.15) is 13.2 Å². The molecule has 0 bridgehead atoms. The Labute approximate surface area is 235 Å². The maximum atomic E-state index is 13.6. The average molecular weight is 594 g/mol. The van der Waals surface area contributed by atoms with Crippen molar-refractivity contribution >= 4 is 57.7 Å². The zero-order valence-corrected chi connectivity index (χ0v) is 23.2. The number of nitrogens with one attached hydrogen (secondary N) is 1. The van der Waals surface area contributed by atoms with Crippen LogP contribution in [0.25, 0.3) is 10.4 Å². The first-order valence-electron chi connectivity index (χ1n) is 12.5. The van der Waals surface area contributed by atoms with Crippen molar-refractivity contribution in [2.45, 2.75) is 45.7 Å². The summed E-state index contributed by atoms with van der Waals surface area (Å²) in [7, 11) is 0. The minimum atomic E-state index is -4.35. The lowest BCUT2D eigenvalue weighted by atomic mass is 9.81. The van der Waals surface area contributed by atoms with Crippen LogP contribution in [0.3, 0.4) is 0 Å². The van der Waals surface area contributed by atoms with Gasteiger partial charge >= 0.3 is 12.1 Å². The van der Waals surface area contributed by atoms with Gasteiger partial charge in [-0.3, -0.25) is 14.4 Å². The summed E-state index contributed by atoms with van der Waals surface area (Å²) in [6, 6.07) is 8.01. The summed E-state index contributed by atoms with van der Waals surface area (Å²) >= 11 is 2.16. The lowest BCUT2D eigenvalue weighted by Gasteiger charge is -2.32. The molecular formula is C27H26F3N3O5S2. The number of halogens is 3. The van der Waals surface area contributed by atoms with E-state index in [1.165, 1.54) is 22.9 Å². The van der Waals surface area contributed by atoms with E-state index in [0.29, 0.717) is 16.1 Å². The molecule has 2 heterocycles. The smallest absolute Gasteiger partial charge is 0.391 e. The Morgan fingerprint density at radius 1 is 1.07 bits per heavy atom. The number of hydrogen-bond donors (Lipinski definition) is 2. The first-order valence-corrected chi connectivity index (χ1v) is 14.2. The Hall–Kier alpha value is -3.58. The third kappa shape index (κ3) is 6.41. The summed E-state index contributed by atoms with van der Waals surface area (Å²) in [4.78, 5) is 56.2. The normalized spacial score (nSPS) is 17.4. The molecule has 3 aromatic rings. The molecule has 1 saturated carbocycles. The van der Waals surface area contributed by atoms with Gasteiger partial charge in [-0.05, 0) is 49.4 Å². The third-order valence-electron chi connectivity index (χ3n) is 6.71. The summed E-state index contributed by atoms with van der Waals surface area (Å²) in [6.07, 6.45) is -4.89. The molecule has 0 spiro atoms. The van der Waals surface area contributed by atoms with Gasteiger partial charge in [-0.25, -0.2) is 14.7 Å². The van der Waals surface area contributed by atoms with E-state index in [0.717, 1.165) is 16.2 Å². The Bertz CT molecular complexity index is 1390. The molecule has 1 aliphatic rings. The molecule has 2 N–H and O–H groups in total. The SMILES string of the molecule is CC(C)C(=O)N(C(=O)C1CCC(C(F)(F)F)CC1)c1cc(-c2ccc(NC(=O)c3cscn3)cc2)sc1C(=O)O. The number of aromatic nitrogens is 1. The highest BCUT2D eigenvalue weighted by atomic mass is 32.1. The average Bonchev–Trinajstić information content (AvgIpc) is 3.60. The van der Waals surface area contributed by atoms with Crippen LogP contribution in [0, 0.1) is 17.8 Å². The molecule has 0 unspecified atom stereocenters. The zero-order valence-electron chi connectivity index (χ0n) is 21.5. The molecule has 2 aromatic heterocycles. The second-order valence-electron chi connectivity index (χ2n) is 9.79. The molecule has 40 heavy (non-hydrogen) atoms. The maximum Gasteiger partial charge on any atom is 0.391 e. The first-order chi connectivity index (χ1) is 18.9. The molecule has 0 saturated heterocycles. The van der Waals surface area contributed by atoms with Crippen molar-refractivity contribution in [3.05, 3.63) is 51.8 Å². The quantitative estimate of drug-likeness (QED) is 0.315. The summed E-state index contributed by atoms with van der Waals surface area (Å²) in [6.45, 7) is 3.13. The van der Waals surface area contributed by atoms with Crippen molar-refractivity contribution in [2.24, 2.45) is 17.8 Å². The third-order valence-corrected chi connectivity index (χ3v) is 8.46. The molecule has 1 aromatic carbocycles. The Balaban J connectivity index is 1.62. The van der Waals surface area contributed by atoms with Crippen LogP contribution >= 0.6 is 22.7 Å². The van der Waals surface area contributed by atoms with Gasteiger partial charge in [0, 0.05) is 27.8 Å². The van der Waals surface area contributed by atoms with Gasteiger partial charge in [-0.1, -0.05) is 26.0 Å². The molecule has 4 rings (SSSR count). The number of amides is 3. The Morgan fingerprint density at radius 3 is 2.25 bits per heavy atom. The number of carboxylic acid groups (broad SMARTS) is 1. The van der Waals surface area contributed by atoms with Crippen LogP contribution in [-0.4, -0.2) is 40.0 Å². The fourth-order valence-corrected chi connectivity index (χ4v) is 6.05. The monoisotopic (exact) mass is 593 g/mol. The first kappa shape index (κ1) is 29.4. The number of thiazole rings is 1. The summed E-state index contributed by atoms with van der Waals surface area (Å²) in [5.74, 6) is -6.03. The number of carbonyl (C=O) groups excluding carboxylic acids is 3. The number of nitrogens with zero attached hydrogens (tertiary/aromatic N) is 2. The number of rotatable bonds is 7. The molecule has 1 fully saturated rings. The van der Waals surface area contributed by atoms with Gasteiger partial charge in [0.2, 0.25) is 11.8 Å². The lowest BCUT2D eigenvalue weighted by Crippen LogP contribution is -2.45. The van der Waals surface area contributed by atoms with Gasteiger partial charge in [0.25, 0.3) is 5.91 Å². The number of aromatic carboxylic acids is 1. The van der Waals surface area contributed by atoms with E-state index in [1.807, 2.05) is 0 Å². The number of imide groups is 1. The molecule has 0 aliphatic heterocycles. The van der Waals surface area contributed by atoms with Gasteiger partial charge in [0.05, 0.1) is 17.1 Å². The number of hydrogen-bond acceptors (Lipinski definition) is 7. The molecule has 13 heteroatoms. The van der Waals surface area contributed by atoms with Gasteiger partial charge in [-0.15, -0.1) is 22.7 Å². The van der Waals surface area contributed by atoms with Crippen molar-refractivity contribution < 1.29 is 37.5 Å². The van der Waals surface area contributed by atoms with Crippen molar-refractivity contribution in [3.63, 3.8) is 0 Å². The van der Waals surface area contributed by atoms with E-state index in [2.05, 4.69) is 10.3 Å². The van der Waals surface area contributed by atoms with E-state index in [-0.39, 0.29) is 47.8 Å². The van der Waals surface area contributed by atoms with E-state index in [4.69, 9.17) is 0 Å². The largest absolute Gasteiger partial charge is 0.477 e. The van der Waals surface area contributed by atoms with E-state index < -0.39 is 41.7 Å². The minimum absolute atomic E-state index is 0.0433. The fourth-order valence-electron chi connectivity index (χ4n) is 4.54. The van der Waals surface area contributed by atoms with E-state index >= 15 is 0 Å². The number of carbonyl (C=O) groups is 4. The van der Waals surface area contributed by atoms with E-state index in [9.17, 15) is 37.5 Å². The minimum Gasteiger partial charge on any atom is -0.477 e. The highest BCUT2D eigenvalue weighted by Crippen LogP contribution is 2.42. The molecule has 0 atom stereocenters. The van der Waals surface area contributed by atoms with Crippen molar-refractivity contribution in [2.75, 3.05) is 10.2 Å². The molecule has 212 valence electrons. The Morgan fingerprint density at radius 2 is 1.73 bits per heavy atom. The van der Waals surface area contributed by atoms with Crippen molar-refractivity contribution in [1.82, 2.24) is 4.98 Å². The van der Waals surface area contributed by atoms with Gasteiger partial charge in [0.15, 0.2) is 0 Å². The molecular weight excluding hydrogens is 567 g/mol. The summed E-state index contributed by atoms with van der Waals surface area (Å²) < 4.78 is 39.4. The van der Waals surface area contributed by atoms with Gasteiger partial charge in [0.1, 0.15) is 10.6 Å². The number of anilines is 2. The van der Waals surface area contributed by atoms with Crippen LogP contribution in [-0.2, 0) is 9.59 Å². The van der Waals surface area contributed by atoms with E-state index in [1.54, 1.807) is 43.5 Å². The number of carboxylic acids is 1. The molecule has 3 amide bonds. The zero-order chi connectivity index (χ0) is 29.2. The second kappa shape index (κ2) is 11.9. The maximum absolute atomic E-state index is 13.6. The standard InChI is InChI=1S/C27H26F3N3O5S2/c1-14(2)24(35)33(25(36)16-3-7-17(8-4-16)27(28,29)30)20-11-21(40-22(20)26(37)38)15-5-9-18(10-6-15)32-23(34)19-12-39-13-31-19/h5-6,9-14,16-17H,3-4,7-8H2,1-2H3,(H,32,34)(H,37,38). The lowest BCUT2D eigenvalue weighted by molar-refractivity contribution is -0.184. The van der Waals surface area contributed by atoms with Crippen molar-refractivity contribution in [1.29, 1.82) is 0 Å². The van der Waals surface area contributed by atoms with Crippen LogP contribution in [0.2, 0.25) is 0 Å². The number of thiophene rings is 1. The molecule has 0 radical (unpaired) electrons. The fraction of sp³-hybridized carbons (Fsp3) is 0.370. The van der Waals surface area contributed by atoms with Crippen LogP contribution < -0.4 is 10.2 Å². The summed E-state index contributed by atoms with van der Waals surface area (Å²) in [5.41, 5.74) is 2.78. The van der Waals surface area contributed by atoms with Crippen molar-refractivity contribution in [3.8, 4) is 10.4 Å². The predicted molar refractivity (Wildman–Crippen MR) is 146 cm³/mol. The van der Waals surface area contributed by atoms with Gasteiger partial charge < -0.3 is 10.4 Å². The van der Waals surface area contributed by atoms with Crippen LogP contribution in [0.4, 0.5) is 24.5 Å². The highest BCUT2D eigenvalue weighted by Gasteiger charge is 2.44. The second-order valence-corrected chi connectivity index (χ2v) is 11.6. The van der Waals surface area contributed by atoms with Crippen LogP contribution in [0.15, 0.2) is 41.2 Å². The summed E-state index contributed by atoms with van der Waals surface area (Å²) in [5, 5.41) is 14.3. The number of alkyl halides is 3. The molecule has 8 nitrogen and oxygen atoms in total. The van der Waals surface area contributed by atoms with Crippen LogP contribution in [0.5, 0.6) is 0 Å². The topological polar surface area (TPSA) is 117 Å². The predicted octanol–water partition coefficient (Wildman–Crippen LogP) is 6.71. The highest BCUT2D eigenvalue weighted by molar-refractivity contribution is 7.18.